The van der Waals surface area contributed by atoms with Crippen LogP contribution in [-0.2, 0) is 4.79 Å². The Morgan fingerprint density at radius 1 is 1.29 bits per heavy atom. The number of hydrogen-bond donors (Lipinski definition) is 2. The second-order valence-electron chi connectivity index (χ2n) is 6.38. The number of nitrogens with one attached hydrogen (secondary N) is 2. The van der Waals surface area contributed by atoms with Gasteiger partial charge in [-0.15, -0.1) is 0 Å². The molecule has 1 saturated heterocycles. The Labute approximate surface area is 136 Å². The standard InChI is InChI=1S/C16H22Cl2N2O/c1-10-6-11(2)8-20(7-10)9-14(21)19-16-13(17)5-4-12(3)15(16)18/h4-5,10-11H,6-9H2,1-3H3,(H,19,21)/p+1/t10-,11+. The number of anilines is 1. The SMILES string of the molecule is Cc1ccc(Cl)c(NC(=O)C[NH+]2C[C@H](C)C[C@H](C)C2)c1Cl. The highest BCUT2D eigenvalue weighted by Crippen LogP contribution is 2.32. The zero-order valence-corrected chi connectivity index (χ0v) is 14.3. The average molecular weight is 330 g/mol. The number of likely N-dealkylation sites (tertiary alicyclic amines) is 1. The molecule has 1 aliphatic rings. The van der Waals surface area contributed by atoms with Crippen LogP contribution in [0.25, 0.3) is 0 Å². The Bertz CT molecular complexity index is 523. The van der Waals surface area contributed by atoms with E-state index in [-0.39, 0.29) is 5.91 Å². The molecule has 1 heterocycles. The Morgan fingerprint density at radius 3 is 2.52 bits per heavy atom. The predicted octanol–water partition coefficient (Wildman–Crippen LogP) is 2.80. The van der Waals surface area contributed by atoms with Gasteiger partial charge in [0.25, 0.3) is 5.91 Å². The fourth-order valence-corrected chi connectivity index (χ4v) is 3.71. The summed E-state index contributed by atoms with van der Waals surface area (Å²) in [5.41, 5.74) is 1.43. The number of piperidine rings is 1. The third-order valence-corrected chi connectivity index (χ3v) is 4.84. The van der Waals surface area contributed by atoms with Gasteiger partial charge in [0, 0.05) is 11.8 Å². The number of carbonyl (C=O) groups is 1. The van der Waals surface area contributed by atoms with Crippen molar-refractivity contribution in [2.45, 2.75) is 27.2 Å². The van der Waals surface area contributed by atoms with Crippen molar-refractivity contribution in [2.75, 3.05) is 25.0 Å². The summed E-state index contributed by atoms with van der Waals surface area (Å²) in [5, 5.41) is 3.87. The highest BCUT2D eigenvalue weighted by atomic mass is 35.5. The molecule has 0 aromatic heterocycles. The van der Waals surface area contributed by atoms with Gasteiger partial charge in [-0.25, -0.2) is 0 Å². The van der Waals surface area contributed by atoms with E-state index in [9.17, 15) is 4.79 Å². The number of halogens is 2. The molecule has 1 aliphatic heterocycles. The molecule has 1 amide bonds. The van der Waals surface area contributed by atoms with E-state index < -0.39 is 0 Å². The number of aryl methyl sites for hydroxylation is 1. The van der Waals surface area contributed by atoms with Crippen molar-refractivity contribution < 1.29 is 9.69 Å². The van der Waals surface area contributed by atoms with Gasteiger partial charge in [0.05, 0.1) is 28.8 Å². The summed E-state index contributed by atoms with van der Waals surface area (Å²) in [4.78, 5) is 13.6. The summed E-state index contributed by atoms with van der Waals surface area (Å²) in [6, 6.07) is 3.61. The molecule has 116 valence electrons. The summed E-state index contributed by atoms with van der Waals surface area (Å²) < 4.78 is 0. The zero-order valence-electron chi connectivity index (χ0n) is 12.8. The van der Waals surface area contributed by atoms with Crippen LogP contribution in [0.1, 0.15) is 25.8 Å². The molecule has 21 heavy (non-hydrogen) atoms. The molecule has 5 heteroatoms. The third-order valence-electron chi connectivity index (χ3n) is 4.04. The van der Waals surface area contributed by atoms with Crippen LogP contribution in [0, 0.1) is 18.8 Å². The molecule has 3 nitrogen and oxygen atoms in total. The summed E-state index contributed by atoms with van der Waals surface area (Å²) in [7, 11) is 0. The summed E-state index contributed by atoms with van der Waals surface area (Å²) >= 11 is 12.4. The molecule has 0 saturated carbocycles. The van der Waals surface area contributed by atoms with E-state index in [1.807, 2.05) is 13.0 Å². The van der Waals surface area contributed by atoms with Gasteiger partial charge in [-0.3, -0.25) is 4.79 Å². The predicted molar refractivity (Wildman–Crippen MR) is 88.3 cm³/mol. The van der Waals surface area contributed by atoms with Crippen molar-refractivity contribution in [1.29, 1.82) is 0 Å². The lowest BCUT2D eigenvalue weighted by Crippen LogP contribution is -3.15. The molecule has 1 aromatic carbocycles. The maximum Gasteiger partial charge on any atom is 0.279 e. The van der Waals surface area contributed by atoms with E-state index in [4.69, 9.17) is 23.2 Å². The lowest BCUT2D eigenvalue weighted by Gasteiger charge is -2.31. The minimum absolute atomic E-state index is 0.0271. The fraction of sp³-hybridized carbons (Fsp3) is 0.562. The van der Waals surface area contributed by atoms with Crippen molar-refractivity contribution in [3.05, 3.63) is 27.7 Å². The first-order valence-electron chi connectivity index (χ1n) is 7.44. The van der Waals surface area contributed by atoms with Crippen molar-refractivity contribution in [3.8, 4) is 0 Å². The molecule has 2 N–H and O–H groups in total. The number of carbonyl (C=O) groups excluding carboxylic acids is 1. The molecular formula is C16H23Cl2N2O+. The van der Waals surface area contributed by atoms with Crippen LogP contribution in [0.5, 0.6) is 0 Å². The topological polar surface area (TPSA) is 33.5 Å². The zero-order chi connectivity index (χ0) is 15.6. The number of quaternary nitrogens is 1. The van der Waals surface area contributed by atoms with Gasteiger partial charge >= 0.3 is 0 Å². The first kappa shape index (κ1) is 16.6. The Kier molecular flexibility index (Phi) is 5.53. The minimum atomic E-state index is -0.0271. The smallest absolute Gasteiger partial charge is 0.279 e. The van der Waals surface area contributed by atoms with E-state index in [2.05, 4.69) is 19.2 Å². The van der Waals surface area contributed by atoms with E-state index in [1.165, 1.54) is 11.3 Å². The van der Waals surface area contributed by atoms with Crippen LogP contribution in [0.3, 0.4) is 0 Å². The number of hydrogen-bond acceptors (Lipinski definition) is 1. The Morgan fingerprint density at radius 2 is 1.90 bits per heavy atom. The van der Waals surface area contributed by atoms with Gasteiger partial charge < -0.3 is 10.2 Å². The van der Waals surface area contributed by atoms with Crippen LogP contribution < -0.4 is 10.2 Å². The van der Waals surface area contributed by atoms with Crippen LogP contribution >= 0.6 is 23.2 Å². The normalized spacial score (nSPS) is 25.7. The lowest BCUT2D eigenvalue weighted by molar-refractivity contribution is -0.904. The Balaban J connectivity index is 2.01. The van der Waals surface area contributed by atoms with E-state index in [0.717, 1.165) is 18.7 Å². The minimum Gasteiger partial charge on any atom is -0.327 e. The molecule has 1 aromatic rings. The van der Waals surface area contributed by atoms with E-state index in [0.29, 0.717) is 34.1 Å². The monoisotopic (exact) mass is 329 g/mol. The van der Waals surface area contributed by atoms with Crippen LogP contribution in [0.2, 0.25) is 10.0 Å². The maximum absolute atomic E-state index is 12.3. The van der Waals surface area contributed by atoms with Gasteiger partial charge in [0.1, 0.15) is 0 Å². The number of rotatable bonds is 3. The highest BCUT2D eigenvalue weighted by Gasteiger charge is 2.27. The summed E-state index contributed by atoms with van der Waals surface area (Å²) in [5.74, 6) is 1.31. The molecule has 1 fully saturated rings. The molecule has 2 rings (SSSR count). The molecule has 0 spiro atoms. The summed E-state index contributed by atoms with van der Waals surface area (Å²) in [6.45, 7) is 8.96. The van der Waals surface area contributed by atoms with Gasteiger partial charge in [-0.1, -0.05) is 43.1 Å². The van der Waals surface area contributed by atoms with E-state index in [1.54, 1.807) is 6.07 Å². The van der Waals surface area contributed by atoms with Crippen molar-refractivity contribution >= 4 is 34.8 Å². The first-order chi connectivity index (χ1) is 9.86. The van der Waals surface area contributed by atoms with Gasteiger partial charge in [0.15, 0.2) is 6.54 Å². The van der Waals surface area contributed by atoms with Gasteiger partial charge in [-0.2, -0.15) is 0 Å². The van der Waals surface area contributed by atoms with Crippen molar-refractivity contribution in [3.63, 3.8) is 0 Å². The molecule has 0 bridgehead atoms. The maximum atomic E-state index is 12.3. The number of benzene rings is 1. The third kappa shape index (κ3) is 4.35. The van der Waals surface area contributed by atoms with Crippen LogP contribution in [0.15, 0.2) is 12.1 Å². The largest absolute Gasteiger partial charge is 0.327 e. The number of amides is 1. The fourth-order valence-electron chi connectivity index (χ4n) is 3.25. The van der Waals surface area contributed by atoms with Crippen molar-refractivity contribution in [1.82, 2.24) is 0 Å². The molecule has 1 unspecified atom stereocenters. The molecule has 0 radical (unpaired) electrons. The quantitative estimate of drug-likeness (QED) is 0.878. The Hall–Kier alpha value is -0.770. The second kappa shape index (κ2) is 6.99. The van der Waals surface area contributed by atoms with Gasteiger partial charge in [0.2, 0.25) is 0 Å². The highest BCUT2D eigenvalue weighted by molar-refractivity contribution is 6.40. The van der Waals surface area contributed by atoms with Crippen molar-refractivity contribution in [2.24, 2.45) is 11.8 Å². The van der Waals surface area contributed by atoms with Crippen LogP contribution in [0.4, 0.5) is 5.69 Å². The molecular weight excluding hydrogens is 307 g/mol. The molecule has 0 aliphatic carbocycles. The lowest BCUT2D eigenvalue weighted by atomic mass is 9.92. The summed E-state index contributed by atoms with van der Waals surface area (Å²) in [6.07, 6.45) is 1.25. The second-order valence-corrected chi connectivity index (χ2v) is 7.17. The average Bonchev–Trinajstić information content (AvgIpc) is 2.38. The van der Waals surface area contributed by atoms with E-state index >= 15 is 0 Å². The molecule has 3 atom stereocenters. The van der Waals surface area contributed by atoms with Crippen LogP contribution in [-0.4, -0.2) is 25.5 Å². The first-order valence-corrected chi connectivity index (χ1v) is 8.20. The van der Waals surface area contributed by atoms with Gasteiger partial charge in [-0.05, 0) is 25.0 Å².